The fraction of sp³-hybridized carbons (Fsp3) is 1.00. The molecule has 0 aromatic carbocycles. The van der Waals surface area contributed by atoms with Gasteiger partial charge < -0.3 is 0 Å². The highest BCUT2D eigenvalue weighted by molar-refractivity contribution is 6.20. The molecule has 0 N–H and O–H groups in total. The Morgan fingerprint density at radius 3 is 1.53 bits per heavy atom. The summed E-state index contributed by atoms with van der Waals surface area (Å²) in [4.78, 5) is 0. The minimum Gasteiger partial charge on any atom is -0.123 e. The van der Waals surface area contributed by atoms with Crippen LogP contribution in [0.15, 0.2) is 0 Å². The molecule has 0 heterocycles. The zero-order valence-electron chi connectivity index (χ0n) is 13.7. The molecule has 0 aliphatic heterocycles. The van der Waals surface area contributed by atoms with Crippen LogP contribution in [0, 0.1) is 5.92 Å². The van der Waals surface area contributed by atoms with E-state index in [1.165, 1.54) is 83.5 Å². The van der Waals surface area contributed by atoms with Crippen molar-refractivity contribution in [3.8, 4) is 0 Å². The summed E-state index contributed by atoms with van der Waals surface area (Å²) in [6.07, 6.45) is 18.0. The Kier molecular flexibility index (Phi) is 14.9. The van der Waals surface area contributed by atoms with E-state index in [0.29, 0.717) is 5.38 Å². The molecule has 19 heavy (non-hydrogen) atoms. The number of hydrogen-bond donors (Lipinski definition) is 0. The largest absolute Gasteiger partial charge is 0.123 e. The molecule has 0 fully saturated rings. The van der Waals surface area contributed by atoms with Gasteiger partial charge in [-0.05, 0) is 18.8 Å². The quantitative estimate of drug-likeness (QED) is 0.232. The molecule has 0 aliphatic rings. The molecule has 0 aromatic rings. The lowest BCUT2D eigenvalue weighted by Gasteiger charge is -2.11. The van der Waals surface area contributed by atoms with E-state index < -0.39 is 0 Å². The molecule has 0 saturated carbocycles. The SMILES string of the molecule is CCCCCCCCCCCCCC(Cl)CC(C)C. The van der Waals surface area contributed by atoms with Crippen molar-refractivity contribution in [1.82, 2.24) is 0 Å². The fourth-order valence-corrected chi connectivity index (χ4v) is 3.17. The zero-order valence-corrected chi connectivity index (χ0v) is 14.5. The summed E-state index contributed by atoms with van der Waals surface area (Å²) in [6.45, 7) is 6.80. The molecule has 0 bridgehead atoms. The lowest BCUT2D eigenvalue weighted by molar-refractivity contribution is 0.508. The summed E-state index contributed by atoms with van der Waals surface area (Å²) in [7, 11) is 0. The van der Waals surface area contributed by atoms with Crippen LogP contribution in [0.1, 0.15) is 104 Å². The van der Waals surface area contributed by atoms with Gasteiger partial charge >= 0.3 is 0 Å². The van der Waals surface area contributed by atoms with Crippen molar-refractivity contribution in [3.05, 3.63) is 0 Å². The lowest BCUT2D eigenvalue weighted by Crippen LogP contribution is -2.03. The van der Waals surface area contributed by atoms with Crippen LogP contribution in [-0.2, 0) is 0 Å². The van der Waals surface area contributed by atoms with Crippen molar-refractivity contribution in [1.29, 1.82) is 0 Å². The van der Waals surface area contributed by atoms with E-state index in [-0.39, 0.29) is 0 Å². The molecule has 0 aliphatic carbocycles. The molecule has 0 nitrogen and oxygen atoms in total. The van der Waals surface area contributed by atoms with Gasteiger partial charge in [-0.2, -0.15) is 0 Å². The second-order valence-electron chi connectivity index (χ2n) is 6.55. The predicted molar refractivity (Wildman–Crippen MR) is 90.2 cm³/mol. The van der Waals surface area contributed by atoms with Crippen LogP contribution in [0.3, 0.4) is 0 Å². The standard InChI is InChI=1S/C18H37Cl/c1-4-5-6-7-8-9-10-11-12-13-14-15-18(19)16-17(2)3/h17-18H,4-16H2,1-3H3. The smallest absolute Gasteiger partial charge is 0.0338 e. The Morgan fingerprint density at radius 2 is 1.11 bits per heavy atom. The summed E-state index contributed by atoms with van der Waals surface area (Å²) in [5.74, 6) is 0.746. The minimum absolute atomic E-state index is 0.415. The first kappa shape index (κ1) is 19.3. The van der Waals surface area contributed by atoms with E-state index >= 15 is 0 Å². The van der Waals surface area contributed by atoms with Gasteiger partial charge in [0.2, 0.25) is 0 Å². The average Bonchev–Trinajstić information content (AvgIpc) is 2.35. The van der Waals surface area contributed by atoms with E-state index in [2.05, 4.69) is 20.8 Å². The van der Waals surface area contributed by atoms with Crippen LogP contribution in [0.2, 0.25) is 0 Å². The van der Waals surface area contributed by atoms with E-state index in [1.807, 2.05) is 0 Å². The number of rotatable bonds is 14. The topological polar surface area (TPSA) is 0 Å². The first-order valence-electron chi connectivity index (χ1n) is 8.80. The van der Waals surface area contributed by atoms with E-state index in [1.54, 1.807) is 0 Å². The van der Waals surface area contributed by atoms with Crippen LogP contribution in [0.25, 0.3) is 0 Å². The predicted octanol–water partition coefficient (Wildman–Crippen LogP) is 7.34. The monoisotopic (exact) mass is 288 g/mol. The third-order valence-electron chi connectivity index (χ3n) is 3.85. The first-order chi connectivity index (χ1) is 9.16. The molecule has 0 saturated heterocycles. The van der Waals surface area contributed by atoms with Gasteiger partial charge in [-0.3, -0.25) is 0 Å². The molecular weight excluding hydrogens is 252 g/mol. The van der Waals surface area contributed by atoms with Gasteiger partial charge in [-0.15, -0.1) is 11.6 Å². The molecule has 1 atom stereocenters. The molecule has 1 unspecified atom stereocenters. The van der Waals surface area contributed by atoms with Crippen LogP contribution in [-0.4, -0.2) is 5.38 Å². The molecule has 0 aromatic heterocycles. The third-order valence-corrected chi connectivity index (χ3v) is 4.24. The highest BCUT2D eigenvalue weighted by atomic mass is 35.5. The molecular formula is C18H37Cl. The summed E-state index contributed by atoms with van der Waals surface area (Å²) in [6, 6.07) is 0. The van der Waals surface area contributed by atoms with Crippen molar-refractivity contribution in [2.75, 3.05) is 0 Å². The summed E-state index contributed by atoms with van der Waals surface area (Å²) in [5.41, 5.74) is 0. The Balaban J connectivity index is 3.06. The van der Waals surface area contributed by atoms with Crippen LogP contribution in [0.5, 0.6) is 0 Å². The van der Waals surface area contributed by atoms with Gasteiger partial charge in [0.1, 0.15) is 0 Å². The minimum atomic E-state index is 0.415. The van der Waals surface area contributed by atoms with Crippen LogP contribution >= 0.6 is 11.6 Å². The third kappa shape index (κ3) is 16.2. The second kappa shape index (κ2) is 14.7. The summed E-state index contributed by atoms with van der Waals surface area (Å²) in [5, 5.41) is 0.415. The molecule has 0 spiro atoms. The normalized spacial score (nSPS) is 13.1. The fourth-order valence-electron chi connectivity index (χ4n) is 2.66. The number of unbranched alkanes of at least 4 members (excludes halogenated alkanes) is 10. The van der Waals surface area contributed by atoms with Crippen molar-refractivity contribution in [3.63, 3.8) is 0 Å². The van der Waals surface area contributed by atoms with Gasteiger partial charge in [0, 0.05) is 5.38 Å². The average molecular weight is 289 g/mol. The number of alkyl halides is 1. The number of hydrogen-bond acceptors (Lipinski definition) is 0. The van der Waals surface area contributed by atoms with Gasteiger partial charge in [-0.1, -0.05) is 91.4 Å². The maximum Gasteiger partial charge on any atom is 0.0338 e. The number of halogens is 1. The molecule has 0 rings (SSSR count). The maximum atomic E-state index is 6.30. The van der Waals surface area contributed by atoms with E-state index in [4.69, 9.17) is 11.6 Å². The van der Waals surface area contributed by atoms with Crippen molar-refractivity contribution < 1.29 is 0 Å². The Labute approximate surface area is 127 Å². The van der Waals surface area contributed by atoms with Crippen LogP contribution < -0.4 is 0 Å². The van der Waals surface area contributed by atoms with E-state index in [9.17, 15) is 0 Å². The highest BCUT2D eigenvalue weighted by Crippen LogP contribution is 2.18. The van der Waals surface area contributed by atoms with Gasteiger partial charge in [-0.25, -0.2) is 0 Å². The van der Waals surface area contributed by atoms with Crippen LogP contribution in [0.4, 0.5) is 0 Å². The molecule has 0 amide bonds. The first-order valence-corrected chi connectivity index (χ1v) is 9.24. The van der Waals surface area contributed by atoms with E-state index in [0.717, 1.165) is 5.92 Å². The Bertz CT molecular complexity index is 165. The Hall–Kier alpha value is 0.290. The zero-order chi connectivity index (χ0) is 14.3. The van der Waals surface area contributed by atoms with Gasteiger partial charge in [0.05, 0.1) is 0 Å². The van der Waals surface area contributed by atoms with Crippen molar-refractivity contribution >= 4 is 11.6 Å². The van der Waals surface area contributed by atoms with Crippen molar-refractivity contribution in [2.24, 2.45) is 5.92 Å². The molecule has 116 valence electrons. The molecule has 1 heteroatoms. The lowest BCUT2D eigenvalue weighted by atomic mass is 10.0. The Morgan fingerprint density at radius 1 is 0.684 bits per heavy atom. The van der Waals surface area contributed by atoms with Gasteiger partial charge in [0.25, 0.3) is 0 Å². The molecule has 0 radical (unpaired) electrons. The maximum absolute atomic E-state index is 6.30. The summed E-state index contributed by atoms with van der Waals surface area (Å²) < 4.78 is 0. The van der Waals surface area contributed by atoms with Gasteiger partial charge in [0.15, 0.2) is 0 Å². The second-order valence-corrected chi connectivity index (χ2v) is 7.17. The van der Waals surface area contributed by atoms with Crippen molar-refractivity contribution in [2.45, 2.75) is 110 Å². The summed E-state index contributed by atoms with van der Waals surface area (Å²) >= 11 is 6.30. The highest BCUT2D eigenvalue weighted by Gasteiger charge is 2.06.